The first-order valence-electron chi connectivity index (χ1n) is 8.07. The number of aromatic amines is 1. The van der Waals surface area contributed by atoms with Crippen LogP contribution in [0.1, 0.15) is 12.8 Å². The van der Waals surface area contributed by atoms with Crippen molar-refractivity contribution in [1.82, 2.24) is 9.55 Å². The van der Waals surface area contributed by atoms with Crippen molar-refractivity contribution in [3.05, 3.63) is 66.4 Å². The highest BCUT2D eigenvalue weighted by Gasteiger charge is 2.24. The molecule has 4 aromatic rings. The Bertz CT molecular complexity index is 1200. The predicted octanol–water partition coefficient (Wildman–Crippen LogP) is 4.65. The van der Waals surface area contributed by atoms with Crippen molar-refractivity contribution in [3.8, 4) is 0 Å². The van der Waals surface area contributed by atoms with Gasteiger partial charge < -0.3 is 8.83 Å². The van der Waals surface area contributed by atoms with Crippen molar-refractivity contribution >= 4 is 54.1 Å². The molecular formula is C18H14Br2N2O4. The van der Waals surface area contributed by atoms with Crippen molar-refractivity contribution in [2.45, 2.75) is 19.4 Å². The molecule has 0 spiro atoms. The first-order chi connectivity index (χ1) is 12.5. The van der Waals surface area contributed by atoms with Gasteiger partial charge in [0.15, 0.2) is 11.2 Å². The van der Waals surface area contributed by atoms with Crippen LogP contribution in [0.3, 0.4) is 0 Å². The fourth-order valence-corrected chi connectivity index (χ4v) is 3.40. The van der Waals surface area contributed by atoms with E-state index in [0.29, 0.717) is 22.6 Å². The van der Waals surface area contributed by atoms with E-state index in [0.717, 1.165) is 21.0 Å². The Morgan fingerprint density at radius 2 is 1.69 bits per heavy atom. The van der Waals surface area contributed by atoms with Gasteiger partial charge in [0.05, 0.1) is 11.0 Å². The van der Waals surface area contributed by atoms with Gasteiger partial charge in [-0.25, -0.2) is 9.59 Å². The van der Waals surface area contributed by atoms with Gasteiger partial charge in [-0.2, -0.15) is 0 Å². The summed E-state index contributed by atoms with van der Waals surface area (Å²) in [6, 6.07) is 11.0. The largest absolute Gasteiger partial charge is 0.419 e. The van der Waals surface area contributed by atoms with Gasteiger partial charge in [-0.05, 0) is 55.2 Å². The summed E-state index contributed by atoms with van der Waals surface area (Å²) in [6.07, 6.45) is 2.46. The van der Waals surface area contributed by atoms with Crippen LogP contribution >= 0.6 is 31.9 Å². The molecular weight excluding hydrogens is 468 g/mol. The van der Waals surface area contributed by atoms with Gasteiger partial charge in [0, 0.05) is 15.5 Å². The van der Waals surface area contributed by atoms with E-state index in [1.807, 2.05) is 24.3 Å². The topological polar surface area (TPSA) is 81.1 Å². The number of halogens is 2. The molecule has 6 nitrogen and oxygen atoms in total. The lowest BCUT2D eigenvalue weighted by atomic mass is 10.3. The van der Waals surface area contributed by atoms with E-state index in [-0.39, 0.29) is 5.76 Å². The van der Waals surface area contributed by atoms with E-state index in [1.165, 1.54) is 12.8 Å². The minimum absolute atomic E-state index is 0.241. The number of fused-ring (bicyclic) bond motifs is 2. The lowest BCUT2D eigenvalue weighted by Gasteiger charge is -1.99. The fourth-order valence-electron chi connectivity index (χ4n) is 2.69. The second kappa shape index (κ2) is 6.92. The maximum atomic E-state index is 11.6. The highest BCUT2D eigenvalue weighted by atomic mass is 79.9. The molecule has 2 aromatic heterocycles. The summed E-state index contributed by atoms with van der Waals surface area (Å²) < 4.78 is 13.6. The zero-order valence-electron chi connectivity index (χ0n) is 13.5. The van der Waals surface area contributed by atoms with Crippen molar-refractivity contribution in [1.29, 1.82) is 0 Å². The quantitative estimate of drug-likeness (QED) is 0.451. The molecule has 0 amide bonds. The fraction of sp³-hybridized carbons (Fsp3) is 0.222. The van der Waals surface area contributed by atoms with Gasteiger partial charge in [-0.1, -0.05) is 31.9 Å². The number of aromatic nitrogens is 2. The van der Waals surface area contributed by atoms with Crippen LogP contribution in [0.4, 0.5) is 0 Å². The number of nitrogens with zero attached hydrogens (tertiary/aromatic N) is 1. The van der Waals surface area contributed by atoms with Gasteiger partial charge in [0.1, 0.15) is 0 Å². The molecule has 8 heteroatoms. The van der Waals surface area contributed by atoms with Crippen molar-refractivity contribution in [3.63, 3.8) is 0 Å². The highest BCUT2D eigenvalue weighted by molar-refractivity contribution is 9.10. The molecule has 26 heavy (non-hydrogen) atoms. The molecule has 5 rings (SSSR count). The van der Waals surface area contributed by atoms with Crippen LogP contribution in [-0.4, -0.2) is 9.55 Å². The Morgan fingerprint density at radius 3 is 2.42 bits per heavy atom. The van der Waals surface area contributed by atoms with E-state index in [9.17, 15) is 9.59 Å². The minimum Gasteiger partial charge on any atom is -0.408 e. The van der Waals surface area contributed by atoms with Crippen molar-refractivity contribution in [2.75, 3.05) is 0 Å². The second-order valence-corrected chi connectivity index (χ2v) is 8.02. The second-order valence-electron chi connectivity index (χ2n) is 6.19. The summed E-state index contributed by atoms with van der Waals surface area (Å²) >= 11 is 6.68. The number of hydrogen-bond donors (Lipinski definition) is 1. The zero-order chi connectivity index (χ0) is 18.3. The van der Waals surface area contributed by atoms with Crippen LogP contribution in [0, 0.1) is 5.92 Å². The maximum absolute atomic E-state index is 11.6. The Labute approximate surface area is 164 Å². The minimum atomic E-state index is -0.418. The van der Waals surface area contributed by atoms with Crippen LogP contribution in [0.25, 0.3) is 22.2 Å². The monoisotopic (exact) mass is 480 g/mol. The summed E-state index contributed by atoms with van der Waals surface area (Å²) in [7, 11) is 0. The van der Waals surface area contributed by atoms with Crippen LogP contribution in [0.2, 0.25) is 0 Å². The van der Waals surface area contributed by atoms with Gasteiger partial charge in [-0.3, -0.25) is 9.55 Å². The first-order valence-corrected chi connectivity index (χ1v) is 9.65. The van der Waals surface area contributed by atoms with E-state index < -0.39 is 5.76 Å². The number of nitrogens with one attached hydrogen (secondary N) is 1. The van der Waals surface area contributed by atoms with E-state index >= 15 is 0 Å². The molecule has 0 atom stereocenters. The van der Waals surface area contributed by atoms with Crippen LogP contribution in [-0.2, 0) is 6.54 Å². The summed E-state index contributed by atoms with van der Waals surface area (Å²) in [4.78, 5) is 24.8. The van der Waals surface area contributed by atoms with Crippen LogP contribution in [0.15, 0.2) is 63.8 Å². The molecule has 2 aromatic carbocycles. The summed E-state index contributed by atoms with van der Waals surface area (Å²) in [5.41, 5.74) is 2.85. The standard InChI is InChI=1S/C11H10BrNO2.C7H4BrNO2/c12-8-3-4-10-9(5-8)13(11(14)15-10)6-7-1-2-7;8-4-1-2-6-5(3-4)9-7(10)11-6/h3-5,7H,1-2,6H2;1-3H,(H,9,10). The van der Waals surface area contributed by atoms with E-state index in [4.69, 9.17) is 8.83 Å². The summed E-state index contributed by atoms with van der Waals surface area (Å²) in [6.45, 7) is 0.794. The maximum Gasteiger partial charge on any atom is 0.419 e. The highest BCUT2D eigenvalue weighted by Crippen LogP contribution is 2.31. The van der Waals surface area contributed by atoms with Crippen LogP contribution in [0.5, 0.6) is 0 Å². The third kappa shape index (κ3) is 3.71. The van der Waals surface area contributed by atoms with Crippen molar-refractivity contribution < 1.29 is 8.83 Å². The molecule has 0 unspecified atom stereocenters. The number of benzene rings is 2. The Morgan fingerprint density at radius 1 is 1.00 bits per heavy atom. The molecule has 1 aliphatic carbocycles. The predicted molar refractivity (Wildman–Crippen MR) is 105 cm³/mol. The normalized spacial score (nSPS) is 13.8. The molecule has 2 heterocycles. The molecule has 0 radical (unpaired) electrons. The molecule has 1 saturated carbocycles. The molecule has 0 saturated heterocycles. The smallest absolute Gasteiger partial charge is 0.408 e. The number of hydrogen-bond acceptors (Lipinski definition) is 4. The van der Waals surface area contributed by atoms with Crippen LogP contribution < -0.4 is 11.5 Å². The first kappa shape index (κ1) is 17.4. The Balaban J connectivity index is 0.000000136. The van der Waals surface area contributed by atoms with E-state index in [2.05, 4.69) is 36.8 Å². The van der Waals surface area contributed by atoms with Crippen molar-refractivity contribution in [2.24, 2.45) is 5.92 Å². The Kier molecular flexibility index (Phi) is 4.62. The average molecular weight is 482 g/mol. The van der Waals surface area contributed by atoms with Gasteiger partial charge in [-0.15, -0.1) is 0 Å². The molecule has 0 bridgehead atoms. The molecule has 0 aliphatic heterocycles. The lowest BCUT2D eigenvalue weighted by molar-refractivity contribution is 0.492. The SMILES string of the molecule is O=c1[nH]c2cc(Br)ccc2o1.O=c1oc2ccc(Br)cc2n1CC1CC1. The third-order valence-electron chi connectivity index (χ3n) is 4.15. The molecule has 1 fully saturated rings. The molecule has 1 aliphatic rings. The molecule has 134 valence electrons. The van der Waals surface area contributed by atoms with Gasteiger partial charge in [0.2, 0.25) is 0 Å². The number of oxazole rings is 2. The van der Waals surface area contributed by atoms with Gasteiger partial charge >= 0.3 is 11.5 Å². The summed E-state index contributed by atoms with van der Waals surface area (Å²) in [5.74, 6) is 0.00980. The number of H-pyrrole nitrogens is 1. The lowest BCUT2D eigenvalue weighted by Crippen LogP contribution is -2.15. The Hall–Kier alpha value is -2.06. The van der Waals surface area contributed by atoms with Gasteiger partial charge in [0.25, 0.3) is 0 Å². The zero-order valence-corrected chi connectivity index (χ0v) is 16.7. The van der Waals surface area contributed by atoms with E-state index in [1.54, 1.807) is 16.7 Å². The summed E-state index contributed by atoms with van der Waals surface area (Å²) in [5, 5.41) is 0. The molecule has 1 N–H and O–H groups in total. The number of rotatable bonds is 2. The average Bonchev–Trinajstić information content (AvgIpc) is 3.27. The third-order valence-corrected chi connectivity index (χ3v) is 5.13.